The summed E-state index contributed by atoms with van der Waals surface area (Å²) in [7, 11) is 3.35. The minimum atomic E-state index is -0.489. The van der Waals surface area contributed by atoms with Crippen molar-refractivity contribution in [2.75, 3.05) is 32.2 Å². The summed E-state index contributed by atoms with van der Waals surface area (Å²) in [6.45, 7) is 2.41. The van der Waals surface area contributed by atoms with Gasteiger partial charge >= 0.3 is 6.03 Å². The Morgan fingerprint density at radius 1 is 1.27 bits per heavy atom. The highest BCUT2D eigenvalue weighted by Gasteiger charge is 2.27. The van der Waals surface area contributed by atoms with E-state index in [4.69, 9.17) is 14.5 Å². The van der Waals surface area contributed by atoms with Crippen LogP contribution in [0.25, 0.3) is 0 Å². The number of nitrogens with zero attached hydrogens (tertiary/aromatic N) is 6. The molecule has 192 valence electrons. The standard InChI is InChI=1S/C26H30N8O3/c1-33-15-20(14-29-33)24(17-3-4-23(36-2)19(11-17)12-27)32-26(35)34-8-5-18-13-28-25(31-22(18)16-34)30-21-6-9-37-10-7-21/h3-4,11,13-15,21,24H,5-10,16H2,1-2H3,(H,32,35)(H,28,30,31). The number of carbonyl (C=O) groups excluding carboxylic acids is 1. The van der Waals surface area contributed by atoms with Crippen LogP contribution in [0.3, 0.4) is 0 Å². The molecular formula is C26H30N8O3. The number of aryl methyl sites for hydroxylation is 1. The molecule has 2 aliphatic heterocycles. The van der Waals surface area contributed by atoms with Gasteiger partial charge in [0.1, 0.15) is 11.8 Å². The van der Waals surface area contributed by atoms with E-state index in [-0.39, 0.29) is 12.1 Å². The number of aromatic nitrogens is 4. The molecular weight excluding hydrogens is 472 g/mol. The van der Waals surface area contributed by atoms with E-state index in [0.717, 1.165) is 48.4 Å². The second kappa shape index (κ2) is 10.8. The fraction of sp³-hybridized carbons (Fsp3) is 0.423. The third-order valence-corrected chi connectivity index (χ3v) is 6.79. The summed E-state index contributed by atoms with van der Waals surface area (Å²) >= 11 is 0. The average molecular weight is 503 g/mol. The Balaban J connectivity index is 1.34. The van der Waals surface area contributed by atoms with Gasteiger partial charge in [0, 0.05) is 50.8 Å². The molecule has 1 fully saturated rings. The van der Waals surface area contributed by atoms with Crippen molar-refractivity contribution in [1.82, 2.24) is 30.0 Å². The van der Waals surface area contributed by atoms with Crippen molar-refractivity contribution in [2.24, 2.45) is 7.05 Å². The number of rotatable bonds is 6. The van der Waals surface area contributed by atoms with Gasteiger partial charge in [-0.1, -0.05) is 6.07 Å². The van der Waals surface area contributed by atoms with Crippen molar-refractivity contribution >= 4 is 12.0 Å². The Bertz CT molecular complexity index is 1310. The zero-order chi connectivity index (χ0) is 25.8. The van der Waals surface area contributed by atoms with Crippen LogP contribution in [0, 0.1) is 11.3 Å². The number of hydrogen-bond donors (Lipinski definition) is 2. The highest BCUT2D eigenvalue weighted by molar-refractivity contribution is 5.75. The molecule has 11 heteroatoms. The van der Waals surface area contributed by atoms with Crippen LogP contribution in [-0.4, -0.2) is 63.6 Å². The maximum absolute atomic E-state index is 13.5. The Labute approximate surface area is 215 Å². The SMILES string of the molecule is COc1ccc(C(NC(=O)N2CCc3cnc(NC4CCOCC4)nc3C2)c2cnn(C)c2)cc1C#N. The average Bonchev–Trinajstić information content (AvgIpc) is 3.37. The summed E-state index contributed by atoms with van der Waals surface area (Å²) in [4.78, 5) is 24.5. The van der Waals surface area contributed by atoms with Crippen LogP contribution in [0.1, 0.15) is 46.8 Å². The topological polar surface area (TPSA) is 130 Å². The molecule has 0 saturated carbocycles. The lowest BCUT2D eigenvalue weighted by Gasteiger charge is -2.30. The highest BCUT2D eigenvalue weighted by atomic mass is 16.5. The van der Waals surface area contributed by atoms with Gasteiger partial charge in [0.05, 0.1) is 37.2 Å². The quantitative estimate of drug-likeness (QED) is 0.526. The third kappa shape index (κ3) is 5.49. The van der Waals surface area contributed by atoms with Gasteiger partial charge < -0.3 is 25.0 Å². The molecule has 2 aliphatic rings. The van der Waals surface area contributed by atoms with Crippen LogP contribution >= 0.6 is 0 Å². The molecule has 5 rings (SSSR count). The number of methoxy groups -OCH3 is 1. The number of carbonyl (C=O) groups is 1. The lowest BCUT2D eigenvalue weighted by molar-refractivity contribution is 0.0903. The number of amides is 2. The van der Waals surface area contributed by atoms with Gasteiger partial charge in [-0.15, -0.1) is 0 Å². The Kier molecular flexibility index (Phi) is 7.18. The molecule has 1 atom stereocenters. The molecule has 0 aliphatic carbocycles. The molecule has 0 bridgehead atoms. The molecule has 4 heterocycles. The van der Waals surface area contributed by atoms with Crippen molar-refractivity contribution in [3.63, 3.8) is 0 Å². The van der Waals surface area contributed by atoms with Crippen LogP contribution < -0.4 is 15.4 Å². The Morgan fingerprint density at radius 3 is 2.84 bits per heavy atom. The first-order chi connectivity index (χ1) is 18.0. The second-order valence-corrected chi connectivity index (χ2v) is 9.27. The van der Waals surface area contributed by atoms with Crippen LogP contribution in [-0.2, 0) is 24.8 Å². The van der Waals surface area contributed by atoms with Gasteiger partial charge in [-0.25, -0.2) is 14.8 Å². The number of fused-ring (bicyclic) bond motifs is 1. The lowest BCUT2D eigenvalue weighted by Crippen LogP contribution is -2.44. The first kappa shape index (κ1) is 24.5. The normalized spacial score (nSPS) is 16.4. The smallest absolute Gasteiger partial charge is 0.318 e. The van der Waals surface area contributed by atoms with Gasteiger partial charge in [0.25, 0.3) is 0 Å². The number of anilines is 1. The largest absolute Gasteiger partial charge is 0.495 e. The van der Waals surface area contributed by atoms with Crippen molar-refractivity contribution in [3.05, 3.63) is 64.7 Å². The molecule has 0 radical (unpaired) electrons. The van der Waals surface area contributed by atoms with E-state index in [1.165, 1.54) is 7.11 Å². The van der Waals surface area contributed by atoms with Gasteiger partial charge in [0.2, 0.25) is 5.95 Å². The number of nitriles is 1. The number of ether oxygens (including phenoxy) is 2. The predicted octanol–water partition coefficient (Wildman–Crippen LogP) is 2.54. The number of hydrogen-bond acceptors (Lipinski definition) is 8. The Morgan fingerprint density at radius 2 is 2.11 bits per heavy atom. The fourth-order valence-electron chi connectivity index (χ4n) is 4.73. The maximum atomic E-state index is 13.5. The molecule has 0 spiro atoms. The lowest BCUT2D eigenvalue weighted by atomic mass is 9.99. The molecule has 1 unspecified atom stereocenters. The molecule has 1 saturated heterocycles. The first-order valence-corrected chi connectivity index (χ1v) is 12.3. The van der Waals surface area contributed by atoms with Crippen molar-refractivity contribution < 1.29 is 14.3 Å². The van der Waals surface area contributed by atoms with E-state index in [1.807, 2.05) is 25.5 Å². The van der Waals surface area contributed by atoms with E-state index < -0.39 is 6.04 Å². The van der Waals surface area contributed by atoms with Crippen LogP contribution in [0.15, 0.2) is 36.8 Å². The van der Waals surface area contributed by atoms with E-state index in [2.05, 4.69) is 26.8 Å². The number of urea groups is 1. The third-order valence-electron chi connectivity index (χ3n) is 6.79. The van der Waals surface area contributed by atoms with Crippen LogP contribution in [0.4, 0.5) is 10.7 Å². The molecule has 37 heavy (non-hydrogen) atoms. The molecule has 2 aromatic heterocycles. The fourth-order valence-corrected chi connectivity index (χ4v) is 4.73. The second-order valence-electron chi connectivity index (χ2n) is 9.27. The molecule has 2 amide bonds. The van der Waals surface area contributed by atoms with Gasteiger partial charge in [-0.2, -0.15) is 10.4 Å². The zero-order valence-corrected chi connectivity index (χ0v) is 21.0. The van der Waals surface area contributed by atoms with Gasteiger partial charge in [-0.3, -0.25) is 4.68 Å². The van der Waals surface area contributed by atoms with E-state index in [0.29, 0.717) is 36.8 Å². The van der Waals surface area contributed by atoms with Crippen LogP contribution in [0.2, 0.25) is 0 Å². The summed E-state index contributed by atoms with van der Waals surface area (Å²) in [6, 6.07) is 7.08. The summed E-state index contributed by atoms with van der Waals surface area (Å²) in [5.74, 6) is 1.07. The number of benzene rings is 1. The van der Waals surface area contributed by atoms with E-state index in [9.17, 15) is 10.1 Å². The molecule has 2 N–H and O–H groups in total. The summed E-state index contributed by atoms with van der Waals surface area (Å²) < 4.78 is 12.4. The zero-order valence-electron chi connectivity index (χ0n) is 21.0. The van der Waals surface area contributed by atoms with Gasteiger partial charge in [-0.05, 0) is 42.5 Å². The van der Waals surface area contributed by atoms with Crippen LogP contribution in [0.5, 0.6) is 5.75 Å². The summed E-state index contributed by atoms with van der Waals surface area (Å²) in [5.41, 5.74) is 3.88. The minimum Gasteiger partial charge on any atom is -0.495 e. The van der Waals surface area contributed by atoms with Gasteiger partial charge in [0.15, 0.2) is 0 Å². The highest BCUT2D eigenvalue weighted by Crippen LogP contribution is 2.28. The summed E-state index contributed by atoms with van der Waals surface area (Å²) in [6.07, 6.45) is 7.95. The van der Waals surface area contributed by atoms with E-state index >= 15 is 0 Å². The maximum Gasteiger partial charge on any atom is 0.318 e. The first-order valence-electron chi connectivity index (χ1n) is 12.3. The van der Waals surface area contributed by atoms with Crippen molar-refractivity contribution in [1.29, 1.82) is 5.26 Å². The minimum absolute atomic E-state index is 0.216. The van der Waals surface area contributed by atoms with E-state index in [1.54, 1.807) is 27.9 Å². The monoisotopic (exact) mass is 502 g/mol. The molecule has 11 nitrogen and oxygen atoms in total. The van der Waals surface area contributed by atoms with Crippen molar-refractivity contribution in [3.8, 4) is 11.8 Å². The molecule has 1 aromatic carbocycles. The Hall–Kier alpha value is -4.17. The van der Waals surface area contributed by atoms with Crippen molar-refractivity contribution in [2.45, 2.75) is 37.9 Å². The summed E-state index contributed by atoms with van der Waals surface area (Å²) in [5, 5.41) is 20.4. The molecule has 3 aromatic rings. The number of nitrogens with one attached hydrogen (secondary N) is 2. The predicted molar refractivity (Wildman–Crippen MR) is 135 cm³/mol.